The van der Waals surface area contributed by atoms with Gasteiger partial charge in [-0.1, -0.05) is 6.42 Å². The molecule has 2 heterocycles. The molecule has 0 aromatic rings. The van der Waals surface area contributed by atoms with Crippen LogP contribution in [-0.2, 0) is 4.79 Å². The van der Waals surface area contributed by atoms with E-state index in [1.54, 1.807) is 0 Å². The highest BCUT2D eigenvalue weighted by molar-refractivity contribution is 5.79. The van der Waals surface area contributed by atoms with Crippen molar-refractivity contribution >= 4 is 5.91 Å². The fourth-order valence-corrected chi connectivity index (χ4v) is 3.40. The van der Waals surface area contributed by atoms with Gasteiger partial charge in [0, 0.05) is 19.0 Å². The summed E-state index contributed by atoms with van der Waals surface area (Å²) in [4.78, 5) is 14.3. The quantitative estimate of drug-likeness (QED) is 0.727. The maximum atomic E-state index is 12.2. The van der Waals surface area contributed by atoms with Crippen LogP contribution >= 0.6 is 0 Å². The molecular weight excluding hydrogens is 200 g/mol. The van der Waals surface area contributed by atoms with Crippen LogP contribution in [0, 0.1) is 11.3 Å². The minimum absolute atomic E-state index is 0.386. The number of piperidine rings is 1. The molecular formula is C13H22N2O. The Bertz CT molecular complexity index is 280. The van der Waals surface area contributed by atoms with Crippen LogP contribution in [0.3, 0.4) is 0 Å². The fourth-order valence-electron chi connectivity index (χ4n) is 3.40. The molecule has 90 valence electrons. The molecule has 1 amide bonds. The number of carbonyl (C=O) groups excluding carboxylic acids is 1. The molecule has 3 aliphatic rings. The summed E-state index contributed by atoms with van der Waals surface area (Å²) in [5.41, 5.74) is 0.477. The summed E-state index contributed by atoms with van der Waals surface area (Å²) in [5, 5.41) is 3.42. The van der Waals surface area contributed by atoms with Gasteiger partial charge in [0.2, 0.25) is 5.91 Å². The zero-order chi connectivity index (χ0) is 11.0. The molecule has 1 saturated carbocycles. The number of rotatable bonds is 1. The van der Waals surface area contributed by atoms with Crippen molar-refractivity contribution in [3.8, 4) is 0 Å². The van der Waals surface area contributed by atoms with Crippen LogP contribution in [0.25, 0.3) is 0 Å². The topological polar surface area (TPSA) is 32.3 Å². The first kappa shape index (κ1) is 10.6. The molecule has 0 radical (unpaired) electrons. The predicted octanol–water partition coefficient (Wildman–Crippen LogP) is 1.39. The van der Waals surface area contributed by atoms with Gasteiger partial charge in [-0.2, -0.15) is 0 Å². The molecule has 1 N–H and O–H groups in total. The average Bonchev–Trinajstić information content (AvgIpc) is 2.61. The summed E-state index contributed by atoms with van der Waals surface area (Å²) in [7, 11) is 0. The van der Waals surface area contributed by atoms with Gasteiger partial charge in [-0.15, -0.1) is 0 Å². The van der Waals surface area contributed by atoms with E-state index in [2.05, 4.69) is 10.2 Å². The molecule has 16 heavy (non-hydrogen) atoms. The van der Waals surface area contributed by atoms with Crippen LogP contribution in [0.2, 0.25) is 0 Å². The molecule has 3 heteroatoms. The highest BCUT2D eigenvalue weighted by Gasteiger charge is 2.42. The molecule has 2 saturated heterocycles. The molecule has 0 unspecified atom stereocenters. The van der Waals surface area contributed by atoms with Crippen LogP contribution in [-0.4, -0.2) is 37.0 Å². The number of likely N-dealkylation sites (tertiary alicyclic amines) is 1. The van der Waals surface area contributed by atoms with Gasteiger partial charge < -0.3 is 10.2 Å². The van der Waals surface area contributed by atoms with Gasteiger partial charge in [0.05, 0.1) is 0 Å². The second kappa shape index (κ2) is 4.02. The standard InChI is InChI=1S/C13H22N2O/c16-12(11-2-1-3-11)15-9-6-13(10-15)4-7-14-8-5-13/h11,14H,1-10H2. The van der Waals surface area contributed by atoms with Crippen molar-refractivity contribution < 1.29 is 4.79 Å². The molecule has 2 aliphatic heterocycles. The van der Waals surface area contributed by atoms with E-state index in [0.717, 1.165) is 39.0 Å². The van der Waals surface area contributed by atoms with Crippen molar-refractivity contribution in [3.05, 3.63) is 0 Å². The first-order valence-corrected chi connectivity index (χ1v) is 6.79. The number of amides is 1. The number of hydrogen-bond donors (Lipinski definition) is 1. The van der Waals surface area contributed by atoms with Gasteiger partial charge in [-0.05, 0) is 50.6 Å². The lowest BCUT2D eigenvalue weighted by Gasteiger charge is -2.35. The van der Waals surface area contributed by atoms with E-state index in [0.29, 0.717) is 17.2 Å². The smallest absolute Gasteiger partial charge is 0.225 e. The first-order chi connectivity index (χ1) is 7.79. The van der Waals surface area contributed by atoms with E-state index in [4.69, 9.17) is 0 Å². The van der Waals surface area contributed by atoms with E-state index < -0.39 is 0 Å². The van der Waals surface area contributed by atoms with E-state index in [1.165, 1.54) is 25.7 Å². The third-order valence-electron chi connectivity index (χ3n) is 4.87. The summed E-state index contributed by atoms with van der Waals surface area (Å²) in [6.45, 7) is 4.36. The summed E-state index contributed by atoms with van der Waals surface area (Å²) < 4.78 is 0. The van der Waals surface area contributed by atoms with Crippen molar-refractivity contribution in [1.82, 2.24) is 10.2 Å². The van der Waals surface area contributed by atoms with E-state index in [-0.39, 0.29) is 0 Å². The maximum absolute atomic E-state index is 12.2. The van der Waals surface area contributed by atoms with Crippen LogP contribution in [0.5, 0.6) is 0 Å². The van der Waals surface area contributed by atoms with Crippen molar-refractivity contribution in [2.45, 2.75) is 38.5 Å². The summed E-state index contributed by atoms with van der Waals surface area (Å²) in [6.07, 6.45) is 7.32. The third-order valence-corrected chi connectivity index (χ3v) is 4.87. The largest absolute Gasteiger partial charge is 0.342 e. The average molecular weight is 222 g/mol. The van der Waals surface area contributed by atoms with Crippen LogP contribution in [0.1, 0.15) is 38.5 Å². The Morgan fingerprint density at radius 3 is 2.56 bits per heavy atom. The van der Waals surface area contributed by atoms with Crippen LogP contribution in [0.15, 0.2) is 0 Å². The Morgan fingerprint density at radius 1 is 1.19 bits per heavy atom. The SMILES string of the molecule is O=C(C1CCC1)N1CCC2(CCNCC2)C1. The number of carbonyl (C=O) groups is 1. The molecule has 0 bridgehead atoms. The maximum Gasteiger partial charge on any atom is 0.225 e. The lowest BCUT2D eigenvalue weighted by atomic mass is 9.78. The Labute approximate surface area is 97.6 Å². The fraction of sp³-hybridized carbons (Fsp3) is 0.923. The van der Waals surface area contributed by atoms with Crippen molar-refractivity contribution in [1.29, 1.82) is 0 Å². The Kier molecular flexibility index (Phi) is 2.66. The molecule has 1 aliphatic carbocycles. The molecule has 0 atom stereocenters. The third kappa shape index (κ3) is 1.75. The highest BCUT2D eigenvalue weighted by atomic mass is 16.2. The van der Waals surface area contributed by atoms with Crippen molar-refractivity contribution in [2.75, 3.05) is 26.2 Å². The molecule has 3 fully saturated rings. The highest BCUT2D eigenvalue weighted by Crippen LogP contribution is 2.40. The number of nitrogens with one attached hydrogen (secondary N) is 1. The minimum atomic E-state index is 0.386. The molecule has 0 aromatic heterocycles. The minimum Gasteiger partial charge on any atom is -0.342 e. The number of nitrogens with zero attached hydrogens (tertiary/aromatic N) is 1. The normalized spacial score (nSPS) is 29.4. The summed E-state index contributed by atoms with van der Waals surface area (Å²) in [5.74, 6) is 0.846. The van der Waals surface area contributed by atoms with Crippen LogP contribution < -0.4 is 5.32 Å². The predicted molar refractivity (Wildman–Crippen MR) is 63.1 cm³/mol. The second-order valence-electron chi connectivity index (χ2n) is 5.89. The monoisotopic (exact) mass is 222 g/mol. The van der Waals surface area contributed by atoms with Crippen LogP contribution in [0.4, 0.5) is 0 Å². The first-order valence-electron chi connectivity index (χ1n) is 6.79. The Balaban J connectivity index is 1.61. The van der Waals surface area contributed by atoms with Gasteiger partial charge in [-0.25, -0.2) is 0 Å². The molecule has 3 rings (SSSR count). The van der Waals surface area contributed by atoms with Crippen molar-refractivity contribution in [2.24, 2.45) is 11.3 Å². The van der Waals surface area contributed by atoms with Gasteiger partial charge in [0.1, 0.15) is 0 Å². The molecule has 0 aromatic carbocycles. The zero-order valence-corrected chi connectivity index (χ0v) is 10.0. The van der Waals surface area contributed by atoms with Gasteiger partial charge in [0.15, 0.2) is 0 Å². The molecule has 3 nitrogen and oxygen atoms in total. The van der Waals surface area contributed by atoms with Crippen molar-refractivity contribution in [3.63, 3.8) is 0 Å². The zero-order valence-electron chi connectivity index (χ0n) is 10.0. The van der Waals surface area contributed by atoms with Gasteiger partial charge in [-0.3, -0.25) is 4.79 Å². The van der Waals surface area contributed by atoms with E-state index in [9.17, 15) is 4.79 Å². The van der Waals surface area contributed by atoms with E-state index in [1.807, 2.05) is 0 Å². The lowest BCUT2D eigenvalue weighted by Crippen LogP contribution is -2.42. The second-order valence-corrected chi connectivity index (χ2v) is 5.89. The Hall–Kier alpha value is -0.570. The summed E-state index contributed by atoms with van der Waals surface area (Å²) in [6, 6.07) is 0. The number of hydrogen-bond acceptors (Lipinski definition) is 2. The summed E-state index contributed by atoms with van der Waals surface area (Å²) >= 11 is 0. The van der Waals surface area contributed by atoms with Gasteiger partial charge >= 0.3 is 0 Å². The van der Waals surface area contributed by atoms with E-state index >= 15 is 0 Å². The van der Waals surface area contributed by atoms with Gasteiger partial charge in [0.25, 0.3) is 0 Å². The lowest BCUT2D eigenvalue weighted by molar-refractivity contribution is -0.137. The Morgan fingerprint density at radius 2 is 1.94 bits per heavy atom. The molecule has 1 spiro atoms.